The van der Waals surface area contributed by atoms with Gasteiger partial charge in [-0.1, -0.05) is 0 Å². The summed E-state index contributed by atoms with van der Waals surface area (Å²) in [6.45, 7) is 1.98. The number of esters is 1. The van der Waals surface area contributed by atoms with Gasteiger partial charge >= 0.3 is 11.7 Å². The number of carbonyl (C=O) groups excluding carboxylic acids is 2. The topological polar surface area (TPSA) is 96.6 Å². The van der Waals surface area contributed by atoms with Gasteiger partial charge in [0.2, 0.25) is 0 Å². The van der Waals surface area contributed by atoms with Crippen LogP contribution in [0.3, 0.4) is 0 Å². The van der Waals surface area contributed by atoms with Crippen molar-refractivity contribution in [3.05, 3.63) is 62.7 Å². The number of ketones is 1. The maximum atomic E-state index is 13.2. The smallest absolute Gasteiger partial charge is 0.379 e. The van der Waals surface area contributed by atoms with Gasteiger partial charge in [0.15, 0.2) is 0 Å². The second-order valence-electron chi connectivity index (χ2n) is 5.53. The lowest BCUT2D eigenvalue weighted by Crippen LogP contribution is -2.42. The van der Waals surface area contributed by atoms with Crippen LogP contribution >= 0.6 is 0 Å². The number of carbonyl (C=O) groups is 2. The van der Waals surface area contributed by atoms with Crippen LogP contribution in [0.5, 0.6) is 0 Å². The number of aryl methyl sites for hydroxylation is 1. The van der Waals surface area contributed by atoms with E-state index < -0.39 is 34.4 Å². The van der Waals surface area contributed by atoms with Gasteiger partial charge in [-0.25, -0.2) is 18.5 Å². The van der Waals surface area contributed by atoms with Crippen LogP contribution in [0, 0.1) is 5.82 Å². The molecule has 0 spiro atoms. The molecule has 0 aliphatic carbocycles. The quantitative estimate of drug-likeness (QED) is 0.293. The van der Waals surface area contributed by atoms with E-state index in [1.165, 1.54) is 26.2 Å². The molecule has 1 heterocycles. The minimum absolute atomic E-state index is 0.0375. The highest BCUT2D eigenvalue weighted by atomic mass is 19.1. The Hall–Kier alpha value is -3.07. The molecule has 0 aliphatic heterocycles. The number of benzene rings is 1. The molecule has 0 radical (unpaired) electrons. The van der Waals surface area contributed by atoms with Gasteiger partial charge in [0.25, 0.3) is 11.3 Å². The predicted molar refractivity (Wildman–Crippen MR) is 93.7 cm³/mol. The van der Waals surface area contributed by atoms with Crippen LogP contribution in [0.25, 0.3) is 5.69 Å². The van der Waals surface area contributed by atoms with Crippen LogP contribution in [0.2, 0.25) is 0 Å². The Morgan fingerprint density at radius 1 is 1.15 bits per heavy atom. The Morgan fingerprint density at radius 3 is 2.41 bits per heavy atom. The third-order valence-corrected chi connectivity index (χ3v) is 3.69. The average Bonchev–Trinajstić information content (AvgIpc) is 2.65. The average molecular weight is 378 g/mol. The summed E-state index contributed by atoms with van der Waals surface area (Å²) in [7, 11) is 1.50. The first-order valence-corrected chi connectivity index (χ1v) is 8.23. The molecular weight excluding hydrogens is 359 g/mol. The summed E-state index contributed by atoms with van der Waals surface area (Å²) in [5.41, 5.74) is -2.13. The normalized spacial score (nSPS) is 10.6. The fourth-order valence-corrected chi connectivity index (χ4v) is 2.42. The minimum Gasteiger partial charge on any atom is -0.460 e. The van der Waals surface area contributed by atoms with E-state index in [0.29, 0.717) is 13.0 Å². The number of hydrogen-bond acceptors (Lipinski definition) is 6. The third kappa shape index (κ3) is 4.56. The molecule has 1 aromatic heterocycles. The summed E-state index contributed by atoms with van der Waals surface area (Å²) in [5.74, 6) is -2.90. The van der Waals surface area contributed by atoms with Gasteiger partial charge in [-0.2, -0.15) is 0 Å². The zero-order chi connectivity index (χ0) is 20.0. The molecule has 0 saturated carbocycles. The summed E-state index contributed by atoms with van der Waals surface area (Å²) < 4.78 is 24.6. The molecule has 0 fully saturated rings. The number of hydrogen-bond donors (Lipinski definition) is 0. The molecule has 1 aromatic carbocycles. The van der Waals surface area contributed by atoms with Crippen LogP contribution in [-0.2, 0) is 20.8 Å². The van der Waals surface area contributed by atoms with Gasteiger partial charge in [-0.05, 0) is 37.6 Å². The molecular formula is C18H19FN2O6. The molecule has 0 aliphatic rings. The maximum absolute atomic E-state index is 13.2. The molecule has 2 rings (SSSR count). The number of ether oxygens (including phenoxy) is 2. The fourth-order valence-electron chi connectivity index (χ4n) is 2.42. The van der Waals surface area contributed by atoms with E-state index >= 15 is 0 Å². The van der Waals surface area contributed by atoms with Crippen LogP contribution < -0.4 is 11.2 Å². The van der Waals surface area contributed by atoms with E-state index in [9.17, 15) is 23.6 Å². The van der Waals surface area contributed by atoms with Crippen molar-refractivity contribution in [1.82, 2.24) is 9.13 Å². The molecule has 27 heavy (non-hydrogen) atoms. The van der Waals surface area contributed by atoms with Gasteiger partial charge in [0.1, 0.15) is 11.4 Å². The van der Waals surface area contributed by atoms with Crippen molar-refractivity contribution < 1.29 is 23.5 Å². The van der Waals surface area contributed by atoms with Crippen molar-refractivity contribution >= 4 is 11.8 Å². The van der Waals surface area contributed by atoms with E-state index in [1.54, 1.807) is 0 Å². The number of Topliss-reactive ketones (excluding diaryl/α,β-unsaturated/α-hetero) is 1. The second-order valence-corrected chi connectivity index (χ2v) is 5.53. The van der Waals surface area contributed by atoms with Gasteiger partial charge in [-0.15, -0.1) is 0 Å². The lowest BCUT2D eigenvalue weighted by atomic mass is 10.2. The van der Waals surface area contributed by atoms with Crippen molar-refractivity contribution in [3.8, 4) is 5.69 Å². The van der Waals surface area contributed by atoms with Gasteiger partial charge in [0, 0.05) is 26.5 Å². The molecule has 9 heteroatoms. The van der Waals surface area contributed by atoms with Crippen molar-refractivity contribution in [2.24, 2.45) is 0 Å². The Balaban J connectivity index is 2.64. The summed E-state index contributed by atoms with van der Waals surface area (Å²) >= 11 is 0. The molecule has 8 nitrogen and oxygen atoms in total. The minimum atomic E-state index is -1.19. The van der Waals surface area contributed by atoms with Crippen LogP contribution in [0.15, 0.2) is 40.1 Å². The highest BCUT2D eigenvalue weighted by Crippen LogP contribution is 2.06. The van der Waals surface area contributed by atoms with E-state index in [0.717, 1.165) is 27.5 Å². The van der Waals surface area contributed by atoms with Crippen molar-refractivity contribution in [3.63, 3.8) is 0 Å². The van der Waals surface area contributed by atoms with Gasteiger partial charge < -0.3 is 9.47 Å². The molecule has 0 bridgehead atoms. The molecule has 2 aromatic rings. The van der Waals surface area contributed by atoms with E-state index in [-0.39, 0.29) is 18.8 Å². The largest absolute Gasteiger partial charge is 0.460 e. The molecule has 0 unspecified atom stereocenters. The molecule has 0 atom stereocenters. The first-order valence-electron chi connectivity index (χ1n) is 8.23. The van der Waals surface area contributed by atoms with Gasteiger partial charge in [-0.3, -0.25) is 14.2 Å². The second kappa shape index (κ2) is 9.04. The third-order valence-electron chi connectivity index (χ3n) is 3.69. The highest BCUT2D eigenvalue weighted by Gasteiger charge is 2.24. The molecule has 144 valence electrons. The monoisotopic (exact) mass is 378 g/mol. The predicted octanol–water partition coefficient (Wildman–Crippen LogP) is 0.921. The molecule has 0 amide bonds. The number of aromatic nitrogens is 2. The SMILES string of the molecule is CCOC(=O)C(=O)c1cn(CCCOC)c(=O)n(-c2ccc(F)cc2)c1=O. The molecule has 0 N–H and O–H groups in total. The zero-order valence-electron chi connectivity index (χ0n) is 14.9. The lowest BCUT2D eigenvalue weighted by Gasteiger charge is -2.12. The zero-order valence-corrected chi connectivity index (χ0v) is 14.9. The van der Waals surface area contributed by atoms with E-state index in [1.807, 2.05) is 0 Å². The number of nitrogens with zero attached hydrogens (tertiary/aromatic N) is 2. The van der Waals surface area contributed by atoms with E-state index in [4.69, 9.17) is 4.74 Å². The fraction of sp³-hybridized carbons (Fsp3) is 0.333. The lowest BCUT2D eigenvalue weighted by molar-refractivity contribution is -0.137. The van der Waals surface area contributed by atoms with Crippen molar-refractivity contribution in [2.45, 2.75) is 19.9 Å². The van der Waals surface area contributed by atoms with Crippen LogP contribution in [0.1, 0.15) is 23.7 Å². The summed E-state index contributed by atoms with van der Waals surface area (Å²) in [6, 6.07) is 4.62. The first-order chi connectivity index (χ1) is 12.9. The Kier molecular flexibility index (Phi) is 6.78. The van der Waals surface area contributed by atoms with Crippen molar-refractivity contribution in [1.29, 1.82) is 0 Å². The van der Waals surface area contributed by atoms with Crippen LogP contribution in [-0.4, -0.2) is 41.2 Å². The summed E-state index contributed by atoms with van der Waals surface area (Å²) in [5, 5.41) is 0. The van der Waals surface area contributed by atoms with E-state index in [2.05, 4.69) is 4.74 Å². The van der Waals surface area contributed by atoms with Crippen LogP contribution in [0.4, 0.5) is 4.39 Å². The number of methoxy groups -OCH3 is 1. The highest BCUT2D eigenvalue weighted by molar-refractivity contribution is 6.40. The Morgan fingerprint density at radius 2 is 1.81 bits per heavy atom. The maximum Gasteiger partial charge on any atom is 0.379 e. The standard InChI is InChI=1S/C18H19FN2O6/c1-3-27-17(24)15(22)14-11-20(9-4-10-26-2)18(25)21(16(14)23)13-7-5-12(19)6-8-13/h5-8,11H,3-4,9-10H2,1-2H3. The first kappa shape index (κ1) is 20.2. The Bertz CT molecular complexity index is 946. The summed E-state index contributed by atoms with van der Waals surface area (Å²) in [6.07, 6.45) is 1.48. The van der Waals surface area contributed by atoms with Gasteiger partial charge in [0.05, 0.1) is 12.3 Å². The van der Waals surface area contributed by atoms with Crippen molar-refractivity contribution in [2.75, 3.05) is 20.3 Å². The number of halogens is 1. The molecule has 0 saturated heterocycles. The number of rotatable bonds is 8. The summed E-state index contributed by atoms with van der Waals surface area (Å²) in [4.78, 5) is 49.5. The Labute approximate surface area is 153 Å².